The molecule has 178 valence electrons. The highest BCUT2D eigenvalue weighted by molar-refractivity contribution is 7.89. The topological polar surface area (TPSA) is 106 Å². The third-order valence-corrected chi connectivity index (χ3v) is 8.35. The first-order valence-electron chi connectivity index (χ1n) is 11.2. The quantitative estimate of drug-likeness (QED) is 0.550. The van der Waals surface area contributed by atoms with E-state index in [9.17, 15) is 13.2 Å². The van der Waals surface area contributed by atoms with Gasteiger partial charge in [-0.1, -0.05) is 11.2 Å². The molecular weight excluding hydrogens is 456 g/mol. The van der Waals surface area contributed by atoms with E-state index in [0.29, 0.717) is 56.5 Å². The van der Waals surface area contributed by atoms with E-state index in [2.05, 4.69) is 10.1 Å². The Kier molecular flexibility index (Phi) is 5.97. The Bertz CT molecular complexity index is 1310. The minimum absolute atomic E-state index is 0.0191. The number of aromatic nitrogens is 2. The van der Waals surface area contributed by atoms with Crippen LogP contribution in [0.2, 0.25) is 0 Å². The molecule has 0 bridgehead atoms. The average molecular weight is 483 g/mol. The minimum atomic E-state index is -3.57. The summed E-state index contributed by atoms with van der Waals surface area (Å²) in [4.78, 5) is 19.1. The van der Waals surface area contributed by atoms with Crippen molar-refractivity contribution >= 4 is 21.6 Å². The second-order valence-electron chi connectivity index (χ2n) is 8.67. The molecule has 0 radical (unpaired) electrons. The summed E-state index contributed by atoms with van der Waals surface area (Å²) in [5.74, 6) is 0.587. The highest BCUT2D eigenvalue weighted by atomic mass is 32.2. The molecule has 2 aliphatic heterocycles. The molecule has 1 unspecified atom stereocenters. The number of anilines is 1. The molecule has 9 nitrogen and oxygen atoms in total. The number of aryl methyl sites for hydroxylation is 2. The zero-order chi connectivity index (χ0) is 23.9. The summed E-state index contributed by atoms with van der Waals surface area (Å²) in [7, 11) is -3.57. The maximum Gasteiger partial charge on any atom is 0.243 e. The van der Waals surface area contributed by atoms with Crippen LogP contribution in [0.15, 0.2) is 51.9 Å². The van der Waals surface area contributed by atoms with E-state index in [-0.39, 0.29) is 16.7 Å². The number of nitrogens with zero attached hydrogens (tertiary/aromatic N) is 4. The van der Waals surface area contributed by atoms with Crippen molar-refractivity contribution in [2.24, 2.45) is 0 Å². The van der Waals surface area contributed by atoms with Gasteiger partial charge in [0, 0.05) is 37.3 Å². The summed E-state index contributed by atoms with van der Waals surface area (Å²) in [5, 5.41) is 4.07. The Morgan fingerprint density at radius 2 is 1.74 bits per heavy atom. The van der Waals surface area contributed by atoms with Gasteiger partial charge in [-0.25, -0.2) is 8.42 Å². The number of benzene rings is 2. The lowest BCUT2D eigenvalue weighted by Crippen LogP contribution is -2.40. The Labute approximate surface area is 198 Å². The van der Waals surface area contributed by atoms with E-state index in [1.807, 2.05) is 32.0 Å². The van der Waals surface area contributed by atoms with E-state index >= 15 is 0 Å². The normalized spacial score (nSPS) is 19.6. The van der Waals surface area contributed by atoms with Crippen molar-refractivity contribution in [3.05, 3.63) is 59.5 Å². The highest BCUT2D eigenvalue weighted by Crippen LogP contribution is 2.33. The molecule has 2 aromatic carbocycles. The molecule has 2 aliphatic rings. The van der Waals surface area contributed by atoms with Crippen LogP contribution in [-0.2, 0) is 19.6 Å². The number of carbonyl (C=O) groups excluding carboxylic acids is 1. The van der Waals surface area contributed by atoms with Crippen molar-refractivity contribution in [1.29, 1.82) is 0 Å². The molecule has 1 aromatic heterocycles. The van der Waals surface area contributed by atoms with E-state index in [4.69, 9.17) is 9.26 Å². The molecule has 0 N–H and O–H groups in total. The van der Waals surface area contributed by atoms with Gasteiger partial charge < -0.3 is 14.2 Å². The molecule has 0 aliphatic carbocycles. The second-order valence-corrected chi connectivity index (χ2v) is 10.6. The maximum absolute atomic E-state index is 12.8. The summed E-state index contributed by atoms with van der Waals surface area (Å²) in [6, 6.07) is 12.4. The fourth-order valence-electron chi connectivity index (χ4n) is 4.25. The molecule has 10 heteroatoms. The Morgan fingerprint density at radius 1 is 1.00 bits per heavy atom. The molecule has 34 heavy (non-hydrogen) atoms. The van der Waals surface area contributed by atoms with Crippen LogP contribution in [0.3, 0.4) is 0 Å². The number of sulfonamides is 1. The first kappa shape index (κ1) is 22.7. The molecule has 3 aromatic rings. The zero-order valence-corrected chi connectivity index (χ0v) is 19.9. The monoisotopic (exact) mass is 482 g/mol. The van der Waals surface area contributed by atoms with Gasteiger partial charge in [-0.15, -0.1) is 0 Å². The third-order valence-electron chi connectivity index (χ3n) is 6.44. The molecule has 5 rings (SSSR count). The standard InChI is InChI=1S/C24H26N4O5S/c1-16-3-6-20(13-17(16)2)28-15-19(14-22(28)29)24-25-23(26-33-24)18-4-7-21(8-5-18)34(30,31)27-9-11-32-12-10-27/h3-8,13,19H,9-12,14-15H2,1-2H3. The van der Waals surface area contributed by atoms with Crippen LogP contribution in [0.1, 0.15) is 29.4 Å². The summed E-state index contributed by atoms with van der Waals surface area (Å²) >= 11 is 0. The van der Waals surface area contributed by atoms with Crippen molar-refractivity contribution in [2.75, 3.05) is 37.7 Å². The fourth-order valence-corrected chi connectivity index (χ4v) is 5.65. The van der Waals surface area contributed by atoms with Gasteiger partial charge in [-0.3, -0.25) is 4.79 Å². The number of hydrogen-bond donors (Lipinski definition) is 0. The molecule has 0 spiro atoms. The second kappa shape index (κ2) is 8.94. The number of amides is 1. The summed E-state index contributed by atoms with van der Waals surface area (Å²) < 4.78 is 37.8. The number of carbonyl (C=O) groups is 1. The van der Waals surface area contributed by atoms with E-state index < -0.39 is 10.0 Å². The van der Waals surface area contributed by atoms with Crippen molar-refractivity contribution in [3.8, 4) is 11.4 Å². The van der Waals surface area contributed by atoms with Crippen molar-refractivity contribution in [3.63, 3.8) is 0 Å². The van der Waals surface area contributed by atoms with Gasteiger partial charge in [0.25, 0.3) is 0 Å². The summed E-state index contributed by atoms with van der Waals surface area (Å²) in [6.07, 6.45) is 0.297. The van der Waals surface area contributed by atoms with Gasteiger partial charge in [-0.2, -0.15) is 9.29 Å². The average Bonchev–Trinajstić information content (AvgIpc) is 3.49. The van der Waals surface area contributed by atoms with E-state index in [0.717, 1.165) is 11.3 Å². The zero-order valence-electron chi connectivity index (χ0n) is 19.1. The largest absolute Gasteiger partial charge is 0.379 e. The summed E-state index contributed by atoms with van der Waals surface area (Å²) in [5.41, 5.74) is 3.82. The lowest BCUT2D eigenvalue weighted by atomic mass is 10.1. The molecule has 0 saturated carbocycles. The van der Waals surface area contributed by atoms with Crippen LogP contribution in [0.4, 0.5) is 5.69 Å². The predicted octanol–water partition coefficient (Wildman–Crippen LogP) is 2.89. The van der Waals surface area contributed by atoms with Crippen LogP contribution < -0.4 is 4.90 Å². The molecule has 3 heterocycles. The van der Waals surface area contributed by atoms with Gasteiger partial charge in [0.1, 0.15) is 0 Å². The van der Waals surface area contributed by atoms with Crippen LogP contribution in [0.25, 0.3) is 11.4 Å². The minimum Gasteiger partial charge on any atom is -0.379 e. The Morgan fingerprint density at radius 3 is 2.44 bits per heavy atom. The van der Waals surface area contributed by atoms with Crippen LogP contribution in [0, 0.1) is 13.8 Å². The van der Waals surface area contributed by atoms with Gasteiger partial charge in [0.2, 0.25) is 27.6 Å². The van der Waals surface area contributed by atoms with Gasteiger partial charge in [0.05, 0.1) is 24.0 Å². The molecule has 2 fully saturated rings. The summed E-state index contributed by atoms with van der Waals surface area (Å²) in [6.45, 7) is 6.02. The number of morpholine rings is 1. The predicted molar refractivity (Wildman–Crippen MR) is 125 cm³/mol. The van der Waals surface area contributed by atoms with E-state index in [1.54, 1.807) is 29.2 Å². The van der Waals surface area contributed by atoms with E-state index in [1.165, 1.54) is 9.87 Å². The SMILES string of the molecule is Cc1ccc(N2CC(c3nc(-c4ccc(S(=O)(=O)N5CCOCC5)cc4)no3)CC2=O)cc1C. The smallest absolute Gasteiger partial charge is 0.243 e. The van der Waals surface area contributed by atoms with Gasteiger partial charge in [-0.05, 0) is 61.4 Å². The first-order chi connectivity index (χ1) is 16.3. The van der Waals surface area contributed by atoms with Crippen LogP contribution in [0.5, 0.6) is 0 Å². The van der Waals surface area contributed by atoms with Crippen molar-refractivity contribution in [1.82, 2.24) is 14.4 Å². The molecule has 1 amide bonds. The third kappa shape index (κ3) is 4.24. The van der Waals surface area contributed by atoms with Crippen LogP contribution in [-0.4, -0.2) is 61.6 Å². The lowest BCUT2D eigenvalue weighted by Gasteiger charge is -2.26. The Balaban J connectivity index is 1.31. The van der Waals surface area contributed by atoms with Gasteiger partial charge >= 0.3 is 0 Å². The highest BCUT2D eigenvalue weighted by Gasteiger charge is 2.35. The maximum atomic E-state index is 12.8. The fraction of sp³-hybridized carbons (Fsp3) is 0.375. The molecule has 2 saturated heterocycles. The number of rotatable bonds is 5. The first-order valence-corrected chi connectivity index (χ1v) is 12.7. The van der Waals surface area contributed by atoms with Crippen molar-refractivity contribution < 1.29 is 22.5 Å². The lowest BCUT2D eigenvalue weighted by molar-refractivity contribution is -0.117. The molecule has 1 atom stereocenters. The number of hydrogen-bond acceptors (Lipinski definition) is 7. The van der Waals surface area contributed by atoms with Crippen molar-refractivity contribution in [2.45, 2.75) is 31.1 Å². The molecular formula is C24H26N4O5S. The Hall–Kier alpha value is -3.08. The number of ether oxygens (including phenoxy) is 1. The van der Waals surface area contributed by atoms with Gasteiger partial charge in [0.15, 0.2) is 0 Å². The van der Waals surface area contributed by atoms with Crippen LogP contribution >= 0.6 is 0 Å².